The summed E-state index contributed by atoms with van der Waals surface area (Å²) < 4.78 is 0. The van der Waals surface area contributed by atoms with E-state index in [9.17, 15) is 4.79 Å². The number of pyridine rings is 1. The number of urea groups is 1. The van der Waals surface area contributed by atoms with E-state index in [2.05, 4.69) is 51.9 Å². The molecule has 2 N–H and O–H groups in total. The number of benzene rings is 2. The monoisotopic (exact) mass is 412 g/mol. The summed E-state index contributed by atoms with van der Waals surface area (Å²) in [4.78, 5) is 21.3. The van der Waals surface area contributed by atoms with Gasteiger partial charge in [0, 0.05) is 35.8 Å². The second-order valence-corrected chi connectivity index (χ2v) is 7.91. The Morgan fingerprint density at radius 1 is 1.04 bits per heavy atom. The maximum Gasteiger partial charge on any atom is 0.314 e. The van der Waals surface area contributed by atoms with E-state index in [1.165, 1.54) is 4.90 Å². The first-order valence-corrected chi connectivity index (χ1v) is 10.6. The van der Waals surface area contributed by atoms with Crippen LogP contribution in [-0.2, 0) is 0 Å². The maximum absolute atomic E-state index is 11.7. The van der Waals surface area contributed by atoms with E-state index in [4.69, 9.17) is 16.6 Å². The number of nitrogens with one attached hydrogen (secondary N) is 2. The Bertz CT molecular complexity index is 997. The van der Waals surface area contributed by atoms with Crippen LogP contribution < -0.4 is 15.5 Å². The second-order valence-electron chi connectivity index (χ2n) is 6.45. The van der Waals surface area contributed by atoms with Crippen molar-refractivity contribution in [3.05, 3.63) is 54.6 Å². The van der Waals surface area contributed by atoms with Gasteiger partial charge >= 0.3 is 6.03 Å². The highest BCUT2D eigenvalue weighted by atomic mass is 35.5. The van der Waals surface area contributed by atoms with Gasteiger partial charge in [-0.3, -0.25) is 0 Å². The summed E-state index contributed by atoms with van der Waals surface area (Å²) in [6, 6.07) is 18.6. The van der Waals surface area contributed by atoms with Crippen LogP contribution in [0.25, 0.3) is 10.9 Å². The van der Waals surface area contributed by atoms with Crippen LogP contribution in [0.3, 0.4) is 0 Å². The maximum atomic E-state index is 11.7. The van der Waals surface area contributed by atoms with E-state index in [1.807, 2.05) is 18.2 Å². The van der Waals surface area contributed by atoms with Gasteiger partial charge < -0.3 is 15.5 Å². The smallest absolute Gasteiger partial charge is 0.314 e. The van der Waals surface area contributed by atoms with Crippen LogP contribution in [0.2, 0.25) is 0 Å². The van der Waals surface area contributed by atoms with Crippen molar-refractivity contribution in [2.24, 2.45) is 0 Å². The number of alkyl halides is 1. The predicted octanol–water partition coefficient (Wildman–Crippen LogP) is 4.77. The van der Waals surface area contributed by atoms with Gasteiger partial charge in [0.05, 0.1) is 16.1 Å². The number of fused-ring (bicyclic) bond motifs is 3. The fourth-order valence-electron chi connectivity index (χ4n) is 3.24. The highest BCUT2D eigenvalue weighted by Gasteiger charge is 2.24. The minimum atomic E-state index is -0.181. The van der Waals surface area contributed by atoms with E-state index in [-0.39, 0.29) is 6.03 Å². The van der Waals surface area contributed by atoms with Gasteiger partial charge in [-0.25, -0.2) is 9.78 Å². The standard InChI is InChI=1S/C21H21ClN4OS/c22-10-12-24-21(27)23-11-5-13-26-17-8-3-4-9-18(17)28-19-14-15-6-1-2-7-16(15)25-20(19)26/h1-4,6-9,14H,5,10-13H2,(H2,23,24,27). The van der Waals surface area contributed by atoms with E-state index < -0.39 is 0 Å². The molecule has 2 heterocycles. The number of amides is 2. The minimum Gasteiger partial charge on any atom is -0.338 e. The lowest BCUT2D eigenvalue weighted by Gasteiger charge is -2.32. The topological polar surface area (TPSA) is 57.3 Å². The number of carbonyl (C=O) groups is 1. The zero-order valence-corrected chi connectivity index (χ0v) is 16.9. The molecule has 2 aromatic carbocycles. The van der Waals surface area contributed by atoms with Gasteiger partial charge in [-0.1, -0.05) is 42.1 Å². The van der Waals surface area contributed by atoms with Crippen molar-refractivity contribution in [2.75, 3.05) is 30.4 Å². The van der Waals surface area contributed by atoms with Crippen molar-refractivity contribution in [1.29, 1.82) is 0 Å². The van der Waals surface area contributed by atoms with Crippen molar-refractivity contribution in [2.45, 2.75) is 16.2 Å². The van der Waals surface area contributed by atoms with Crippen LogP contribution in [-0.4, -0.2) is 36.5 Å². The number of carbonyl (C=O) groups excluding carboxylic acids is 1. The molecule has 0 radical (unpaired) electrons. The SMILES string of the molecule is O=C(NCCCl)NCCCN1c2ccccc2Sc2cc3ccccc3nc21. The molecule has 0 aliphatic carbocycles. The van der Waals surface area contributed by atoms with Gasteiger partial charge in [0.15, 0.2) is 0 Å². The Morgan fingerprint density at radius 2 is 1.82 bits per heavy atom. The number of halogens is 1. The van der Waals surface area contributed by atoms with Crippen LogP contribution in [0, 0.1) is 0 Å². The number of aromatic nitrogens is 1. The number of para-hydroxylation sites is 2. The molecule has 0 unspecified atom stereocenters. The second kappa shape index (κ2) is 8.71. The van der Waals surface area contributed by atoms with Crippen molar-refractivity contribution >= 4 is 51.8 Å². The Morgan fingerprint density at radius 3 is 2.71 bits per heavy atom. The van der Waals surface area contributed by atoms with Gasteiger partial charge in [-0.2, -0.15) is 0 Å². The predicted molar refractivity (Wildman–Crippen MR) is 116 cm³/mol. The summed E-state index contributed by atoms with van der Waals surface area (Å²) >= 11 is 7.35. The molecule has 7 heteroatoms. The summed E-state index contributed by atoms with van der Waals surface area (Å²) in [7, 11) is 0. The van der Waals surface area contributed by atoms with Crippen molar-refractivity contribution < 1.29 is 4.79 Å². The largest absolute Gasteiger partial charge is 0.338 e. The Hall–Kier alpha value is -2.44. The molecule has 1 aliphatic rings. The number of hydrogen-bond donors (Lipinski definition) is 2. The summed E-state index contributed by atoms with van der Waals surface area (Å²) in [5.74, 6) is 1.39. The molecule has 0 saturated carbocycles. The van der Waals surface area contributed by atoms with Crippen molar-refractivity contribution in [3.63, 3.8) is 0 Å². The fraction of sp³-hybridized carbons (Fsp3) is 0.238. The molecule has 0 fully saturated rings. The first kappa shape index (κ1) is 18.9. The van der Waals surface area contributed by atoms with Crippen LogP contribution in [0.1, 0.15) is 6.42 Å². The molecule has 1 aromatic heterocycles. The van der Waals surface area contributed by atoms with Crippen LogP contribution in [0.4, 0.5) is 16.3 Å². The van der Waals surface area contributed by atoms with Crippen molar-refractivity contribution in [3.8, 4) is 0 Å². The van der Waals surface area contributed by atoms with Crippen LogP contribution in [0.15, 0.2) is 64.4 Å². The average molecular weight is 413 g/mol. The third-order valence-electron chi connectivity index (χ3n) is 4.53. The fourth-order valence-corrected chi connectivity index (χ4v) is 4.44. The molecule has 5 nitrogen and oxygen atoms in total. The number of nitrogens with zero attached hydrogens (tertiary/aromatic N) is 2. The Labute approximate surface area is 173 Å². The van der Waals surface area contributed by atoms with E-state index in [0.717, 1.165) is 40.3 Å². The lowest BCUT2D eigenvalue weighted by molar-refractivity contribution is 0.241. The van der Waals surface area contributed by atoms with Gasteiger partial charge in [0.2, 0.25) is 0 Å². The molecule has 0 saturated heterocycles. The highest BCUT2D eigenvalue weighted by Crippen LogP contribution is 2.47. The number of hydrogen-bond acceptors (Lipinski definition) is 4. The molecule has 144 valence electrons. The van der Waals surface area contributed by atoms with E-state index in [0.29, 0.717) is 19.0 Å². The summed E-state index contributed by atoms with van der Waals surface area (Å²) in [5, 5.41) is 6.73. The Balaban J connectivity index is 1.54. The van der Waals surface area contributed by atoms with E-state index in [1.54, 1.807) is 11.8 Å². The zero-order chi connectivity index (χ0) is 19.3. The van der Waals surface area contributed by atoms with Crippen molar-refractivity contribution in [1.82, 2.24) is 15.6 Å². The summed E-state index contributed by atoms with van der Waals surface area (Å²) in [6.07, 6.45) is 0.807. The first-order valence-electron chi connectivity index (χ1n) is 9.28. The lowest BCUT2D eigenvalue weighted by atomic mass is 10.2. The Kier molecular flexibility index (Phi) is 5.88. The highest BCUT2D eigenvalue weighted by molar-refractivity contribution is 7.99. The quantitative estimate of drug-likeness (QED) is 0.452. The molecule has 4 rings (SSSR count). The molecule has 2 amide bonds. The van der Waals surface area contributed by atoms with Gasteiger partial charge in [-0.15, -0.1) is 11.6 Å². The van der Waals surface area contributed by atoms with E-state index >= 15 is 0 Å². The van der Waals surface area contributed by atoms with Gasteiger partial charge in [0.25, 0.3) is 0 Å². The molecule has 0 bridgehead atoms. The molecule has 28 heavy (non-hydrogen) atoms. The van der Waals surface area contributed by atoms with Crippen LogP contribution >= 0.6 is 23.4 Å². The third-order valence-corrected chi connectivity index (χ3v) is 5.80. The van der Waals surface area contributed by atoms with Crippen LogP contribution in [0.5, 0.6) is 0 Å². The molecular weight excluding hydrogens is 392 g/mol. The summed E-state index contributed by atoms with van der Waals surface area (Å²) in [5.41, 5.74) is 2.15. The zero-order valence-electron chi connectivity index (χ0n) is 15.3. The molecule has 0 atom stereocenters. The normalized spacial score (nSPS) is 12.4. The molecule has 3 aromatic rings. The minimum absolute atomic E-state index is 0.181. The third kappa shape index (κ3) is 4.03. The number of rotatable bonds is 6. The number of anilines is 2. The molecular formula is C21H21ClN4OS. The van der Waals surface area contributed by atoms with Gasteiger partial charge in [0.1, 0.15) is 5.82 Å². The molecule has 1 aliphatic heterocycles. The average Bonchev–Trinajstić information content (AvgIpc) is 2.73. The first-order chi connectivity index (χ1) is 13.8. The van der Waals surface area contributed by atoms with Gasteiger partial charge in [-0.05, 0) is 30.7 Å². The lowest BCUT2D eigenvalue weighted by Crippen LogP contribution is -2.38. The molecule has 0 spiro atoms. The summed E-state index contributed by atoms with van der Waals surface area (Å²) in [6.45, 7) is 1.82.